The molecule has 1 aliphatic rings. The van der Waals surface area contributed by atoms with E-state index in [4.69, 9.17) is 4.74 Å². The lowest BCUT2D eigenvalue weighted by molar-refractivity contribution is -0.122. The van der Waals surface area contributed by atoms with E-state index in [2.05, 4.69) is 15.4 Å². The van der Waals surface area contributed by atoms with Gasteiger partial charge in [0.05, 0.1) is 18.8 Å². The molecule has 2 amide bonds. The number of rotatable bonds is 6. The third kappa shape index (κ3) is 5.35. The van der Waals surface area contributed by atoms with Crippen molar-refractivity contribution in [1.29, 1.82) is 0 Å². The minimum Gasteiger partial charge on any atom is -0.450 e. The molecule has 2 N–H and O–H groups in total. The van der Waals surface area contributed by atoms with Gasteiger partial charge in [-0.05, 0) is 26.7 Å². The van der Waals surface area contributed by atoms with Gasteiger partial charge in [-0.15, -0.1) is 0 Å². The highest BCUT2D eigenvalue weighted by molar-refractivity contribution is 5.77. The molecular weight excluding hydrogens is 236 g/mol. The fourth-order valence-electron chi connectivity index (χ4n) is 1.88. The number of alkyl carbamates (subject to hydrolysis) is 1. The molecule has 0 saturated carbocycles. The minimum atomic E-state index is -0.488. The lowest BCUT2D eigenvalue weighted by atomic mass is 10.1. The molecular formula is C12H22N2O4. The smallest absolute Gasteiger partial charge is 0.407 e. The summed E-state index contributed by atoms with van der Waals surface area (Å²) in [4.78, 5) is 22.6. The van der Waals surface area contributed by atoms with Crippen LogP contribution in [0.4, 0.5) is 4.79 Å². The van der Waals surface area contributed by atoms with Crippen molar-refractivity contribution in [2.75, 3.05) is 19.8 Å². The molecule has 0 aromatic rings. The van der Waals surface area contributed by atoms with Crippen molar-refractivity contribution in [3.63, 3.8) is 0 Å². The van der Waals surface area contributed by atoms with Gasteiger partial charge in [0.25, 0.3) is 0 Å². The molecule has 0 aromatic heterocycles. The molecule has 0 aliphatic carbocycles. The summed E-state index contributed by atoms with van der Waals surface area (Å²) in [5.41, 5.74) is 0. The normalized spacial score (nSPS) is 20.2. The first-order chi connectivity index (χ1) is 8.63. The maximum Gasteiger partial charge on any atom is 0.407 e. The molecule has 104 valence electrons. The van der Waals surface area contributed by atoms with Gasteiger partial charge in [-0.25, -0.2) is 4.79 Å². The summed E-state index contributed by atoms with van der Waals surface area (Å²) in [7, 11) is 0. The van der Waals surface area contributed by atoms with Gasteiger partial charge >= 0.3 is 6.09 Å². The van der Waals surface area contributed by atoms with E-state index in [1.807, 2.05) is 6.92 Å². The average Bonchev–Trinajstić information content (AvgIpc) is 2.82. The van der Waals surface area contributed by atoms with Crippen molar-refractivity contribution in [1.82, 2.24) is 10.6 Å². The van der Waals surface area contributed by atoms with Gasteiger partial charge < -0.3 is 20.1 Å². The topological polar surface area (TPSA) is 76.7 Å². The number of carbonyl (C=O) groups excluding carboxylic acids is 2. The Morgan fingerprint density at radius 1 is 1.50 bits per heavy atom. The highest BCUT2D eigenvalue weighted by Gasteiger charge is 2.23. The van der Waals surface area contributed by atoms with Crippen molar-refractivity contribution in [3.05, 3.63) is 0 Å². The lowest BCUT2D eigenvalue weighted by Gasteiger charge is -2.19. The Kier molecular flexibility index (Phi) is 6.49. The van der Waals surface area contributed by atoms with Crippen LogP contribution in [0.2, 0.25) is 0 Å². The Morgan fingerprint density at radius 3 is 2.89 bits per heavy atom. The van der Waals surface area contributed by atoms with Crippen molar-refractivity contribution in [3.8, 4) is 0 Å². The van der Waals surface area contributed by atoms with Crippen LogP contribution in [0.15, 0.2) is 0 Å². The Hall–Kier alpha value is -1.30. The van der Waals surface area contributed by atoms with Crippen LogP contribution >= 0.6 is 0 Å². The van der Waals surface area contributed by atoms with E-state index in [-0.39, 0.29) is 31.0 Å². The molecule has 0 aromatic carbocycles. The second kappa shape index (κ2) is 7.92. The Bertz CT molecular complexity index is 277. The summed E-state index contributed by atoms with van der Waals surface area (Å²) < 4.78 is 10.2. The molecule has 1 aliphatic heterocycles. The molecule has 0 radical (unpaired) electrons. The summed E-state index contributed by atoms with van der Waals surface area (Å²) in [5, 5.41) is 5.38. The zero-order valence-corrected chi connectivity index (χ0v) is 11.0. The highest BCUT2D eigenvalue weighted by Crippen LogP contribution is 2.15. The zero-order chi connectivity index (χ0) is 13.4. The monoisotopic (exact) mass is 258 g/mol. The quantitative estimate of drug-likeness (QED) is 0.739. The van der Waals surface area contributed by atoms with E-state index in [9.17, 15) is 9.59 Å². The molecule has 1 fully saturated rings. The molecule has 1 rings (SSSR count). The third-order valence-corrected chi connectivity index (χ3v) is 2.81. The minimum absolute atomic E-state index is 0.0163. The summed E-state index contributed by atoms with van der Waals surface area (Å²) in [6.07, 6.45) is 1.91. The first-order valence-electron chi connectivity index (χ1n) is 6.45. The van der Waals surface area contributed by atoms with Gasteiger partial charge in [0, 0.05) is 19.6 Å². The fraction of sp³-hybridized carbons (Fsp3) is 0.833. The number of carbonyl (C=O) groups is 2. The second-order valence-corrected chi connectivity index (χ2v) is 4.30. The van der Waals surface area contributed by atoms with Crippen molar-refractivity contribution >= 4 is 12.0 Å². The zero-order valence-electron chi connectivity index (χ0n) is 11.0. The Balaban J connectivity index is 2.11. The maximum atomic E-state index is 11.6. The molecule has 6 heteroatoms. The van der Waals surface area contributed by atoms with Gasteiger partial charge in [0.1, 0.15) is 0 Å². The van der Waals surface area contributed by atoms with Gasteiger partial charge in [-0.3, -0.25) is 4.79 Å². The number of amides is 2. The third-order valence-electron chi connectivity index (χ3n) is 2.81. The van der Waals surface area contributed by atoms with Gasteiger partial charge in [0.2, 0.25) is 5.91 Å². The average molecular weight is 258 g/mol. The van der Waals surface area contributed by atoms with Crippen LogP contribution in [0.3, 0.4) is 0 Å². The van der Waals surface area contributed by atoms with Crippen molar-refractivity contribution in [2.24, 2.45) is 0 Å². The lowest BCUT2D eigenvalue weighted by Crippen LogP contribution is -2.42. The van der Waals surface area contributed by atoms with E-state index in [1.165, 1.54) is 0 Å². The van der Waals surface area contributed by atoms with E-state index >= 15 is 0 Å². The second-order valence-electron chi connectivity index (χ2n) is 4.30. The van der Waals surface area contributed by atoms with Gasteiger partial charge in [-0.1, -0.05) is 0 Å². The van der Waals surface area contributed by atoms with Crippen LogP contribution in [0.5, 0.6) is 0 Å². The van der Waals surface area contributed by atoms with Crippen LogP contribution < -0.4 is 10.6 Å². The van der Waals surface area contributed by atoms with Gasteiger partial charge in [-0.2, -0.15) is 0 Å². The Morgan fingerprint density at radius 2 is 2.28 bits per heavy atom. The van der Waals surface area contributed by atoms with Crippen LogP contribution in [0, 0.1) is 0 Å². The SMILES string of the molecule is CCOC(=O)NCCC(=O)N[C@@H](C)[C@H]1CCCO1. The van der Waals surface area contributed by atoms with E-state index in [1.54, 1.807) is 6.92 Å². The molecule has 0 bridgehead atoms. The summed E-state index contributed by atoms with van der Waals surface area (Å²) in [6.45, 7) is 5.05. The van der Waals surface area contributed by atoms with E-state index in [0.29, 0.717) is 6.61 Å². The Labute approximate surface area is 107 Å². The number of hydrogen-bond acceptors (Lipinski definition) is 4. The predicted octanol–water partition coefficient (Wildman–Crippen LogP) is 0.806. The molecule has 2 atom stereocenters. The van der Waals surface area contributed by atoms with Crippen molar-refractivity contribution < 1.29 is 19.1 Å². The fourth-order valence-corrected chi connectivity index (χ4v) is 1.88. The van der Waals surface area contributed by atoms with Crippen LogP contribution in [0.25, 0.3) is 0 Å². The molecule has 0 spiro atoms. The standard InChI is InChI=1S/C12H22N2O4/c1-3-17-12(16)13-7-6-11(15)14-9(2)10-5-4-8-18-10/h9-10H,3-8H2,1-2H3,(H,13,16)(H,14,15)/t9-,10+/m0/s1. The van der Waals surface area contributed by atoms with E-state index < -0.39 is 6.09 Å². The highest BCUT2D eigenvalue weighted by atomic mass is 16.5. The first-order valence-corrected chi connectivity index (χ1v) is 6.45. The number of hydrogen-bond donors (Lipinski definition) is 2. The van der Waals surface area contributed by atoms with Crippen molar-refractivity contribution in [2.45, 2.75) is 45.3 Å². The summed E-state index contributed by atoms with van der Waals surface area (Å²) >= 11 is 0. The number of ether oxygens (including phenoxy) is 2. The molecule has 1 heterocycles. The number of nitrogens with one attached hydrogen (secondary N) is 2. The van der Waals surface area contributed by atoms with Crippen LogP contribution in [0.1, 0.15) is 33.1 Å². The molecule has 1 saturated heterocycles. The van der Waals surface area contributed by atoms with Crippen LogP contribution in [-0.4, -0.2) is 43.9 Å². The first kappa shape index (κ1) is 14.8. The molecule has 18 heavy (non-hydrogen) atoms. The van der Waals surface area contributed by atoms with E-state index in [0.717, 1.165) is 19.4 Å². The molecule has 0 unspecified atom stereocenters. The summed E-state index contributed by atoms with van der Waals surface area (Å²) in [6, 6.07) is 0.0163. The van der Waals surface area contributed by atoms with Gasteiger partial charge in [0.15, 0.2) is 0 Å². The maximum absolute atomic E-state index is 11.6. The van der Waals surface area contributed by atoms with Crippen LogP contribution in [-0.2, 0) is 14.3 Å². The molecule has 6 nitrogen and oxygen atoms in total. The largest absolute Gasteiger partial charge is 0.450 e. The predicted molar refractivity (Wildman–Crippen MR) is 66.2 cm³/mol. The summed E-state index contributed by atoms with van der Waals surface area (Å²) in [5.74, 6) is -0.0881.